The highest BCUT2D eigenvalue weighted by molar-refractivity contribution is 7.99. The summed E-state index contributed by atoms with van der Waals surface area (Å²) in [4.78, 5) is 17.5. The summed E-state index contributed by atoms with van der Waals surface area (Å²) in [7, 11) is 1.97. The van der Waals surface area contributed by atoms with Gasteiger partial charge in [-0.1, -0.05) is 30.3 Å². The zero-order chi connectivity index (χ0) is 15.4. The van der Waals surface area contributed by atoms with Crippen molar-refractivity contribution in [3.8, 4) is 0 Å². The number of carbonyl (C=O) groups excluding carboxylic acids is 1. The van der Waals surface area contributed by atoms with E-state index in [0.29, 0.717) is 6.04 Å². The van der Waals surface area contributed by atoms with Crippen LogP contribution in [0.4, 0.5) is 0 Å². The molecule has 4 nitrogen and oxygen atoms in total. The summed E-state index contributed by atoms with van der Waals surface area (Å²) in [6.07, 6.45) is 1.06. The average Bonchev–Trinajstić information content (AvgIpc) is 3.11. The second-order valence-corrected chi connectivity index (χ2v) is 7.28. The van der Waals surface area contributed by atoms with Crippen LogP contribution in [-0.4, -0.2) is 66.5 Å². The predicted molar refractivity (Wildman–Crippen MR) is 107 cm³/mol. The largest absolute Gasteiger partial charge is 0.340 e. The molecule has 1 amide bonds. The third-order valence-electron chi connectivity index (χ3n) is 4.69. The van der Waals surface area contributed by atoms with Crippen molar-refractivity contribution in [1.82, 2.24) is 15.1 Å². The number of nitrogens with one attached hydrogen (secondary N) is 1. The summed E-state index contributed by atoms with van der Waals surface area (Å²) in [5, 5.41) is 3.36. The number of likely N-dealkylation sites (N-methyl/N-ethyl adjacent to an activating group) is 1. The van der Waals surface area contributed by atoms with E-state index >= 15 is 0 Å². The molecule has 136 valence electrons. The van der Waals surface area contributed by atoms with Gasteiger partial charge in [-0.05, 0) is 18.5 Å². The maximum atomic E-state index is 13.2. The van der Waals surface area contributed by atoms with Crippen molar-refractivity contribution in [3.63, 3.8) is 0 Å². The number of carbonyl (C=O) groups is 1. The molecule has 0 radical (unpaired) electrons. The van der Waals surface area contributed by atoms with Crippen LogP contribution in [0.25, 0.3) is 0 Å². The third kappa shape index (κ3) is 5.02. The SMILES string of the molecule is CN(C(=O)C(c1ccccc1)N1CCSCC1)C1CCNC1.Cl.Cl. The number of hydrogen-bond donors (Lipinski definition) is 1. The molecule has 2 unspecified atom stereocenters. The summed E-state index contributed by atoms with van der Waals surface area (Å²) in [5.41, 5.74) is 1.12. The molecule has 3 rings (SSSR count). The van der Waals surface area contributed by atoms with Crippen LogP contribution >= 0.6 is 36.6 Å². The summed E-state index contributed by atoms with van der Waals surface area (Å²) in [6, 6.07) is 10.5. The molecule has 1 aromatic carbocycles. The number of hydrogen-bond acceptors (Lipinski definition) is 4. The number of amides is 1. The van der Waals surface area contributed by atoms with Gasteiger partial charge in [0.05, 0.1) is 0 Å². The minimum atomic E-state index is -0.132. The van der Waals surface area contributed by atoms with Crippen molar-refractivity contribution >= 4 is 42.5 Å². The Balaban J connectivity index is 0.00000144. The van der Waals surface area contributed by atoms with Gasteiger partial charge in [0.25, 0.3) is 0 Å². The molecule has 2 heterocycles. The van der Waals surface area contributed by atoms with Crippen molar-refractivity contribution in [3.05, 3.63) is 35.9 Å². The molecule has 2 aliphatic rings. The average molecular weight is 392 g/mol. The smallest absolute Gasteiger partial charge is 0.244 e. The van der Waals surface area contributed by atoms with Crippen LogP contribution in [-0.2, 0) is 4.79 Å². The molecule has 2 saturated heterocycles. The van der Waals surface area contributed by atoms with Gasteiger partial charge in [-0.25, -0.2) is 0 Å². The quantitative estimate of drug-likeness (QED) is 0.854. The van der Waals surface area contributed by atoms with Crippen LogP contribution in [0.3, 0.4) is 0 Å². The summed E-state index contributed by atoms with van der Waals surface area (Å²) in [6.45, 7) is 3.91. The molecule has 1 aromatic rings. The van der Waals surface area contributed by atoms with Gasteiger partial charge in [0.2, 0.25) is 5.91 Å². The Labute approximate surface area is 161 Å². The van der Waals surface area contributed by atoms with Gasteiger partial charge in [0.1, 0.15) is 6.04 Å². The van der Waals surface area contributed by atoms with Crippen LogP contribution in [0.2, 0.25) is 0 Å². The molecule has 0 aromatic heterocycles. The summed E-state index contributed by atoms with van der Waals surface area (Å²) in [5.74, 6) is 2.48. The van der Waals surface area contributed by atoms with Crippen molar-refractivity contribution in [1.29, 1.82) is 0 Å². The summed E-state index contributed by atoms with van der Waals surface area (Å²) < 4.78 is 0. The van der Waals surface area contributed by atoms with E-state index < -0.39 is 0 Å². The molecule has 2 aliphatic heterocycles. The van der Waals surface area contributed by atoms with Crippen LogP contribution in [0, 0.1) is 0 Å². The maximum absolute atomic E-state index is 13.2. The number of benzene rings is 1. The van der Waals surface area contributed by atoms with Crippen molar-refractivity contribution < 1.29 is 4.79 Å². The highest BCUT2D eigenvalue weighted by Gasteiger charge is 2.34. The van der Waals surface area contributed by atoms with E-state index in [0.717, 1.165) is 49.7 Å². The first-order valence-corrected chi connectivity index (χ1v) is 9.27. The van der Waals surface area contributed by atoms with E-state index in [1.165, 1.54) is 0 Å². The Morgan fingerprint density at radius 1 is 1.25 bits per heavy atom. The Hall–Kier alpha value is -0.460. The lowest BCUT2D eigenvalue weighted by molar-refractivity contribution is -0.137. The molecule has 2 fully saturated rings. The Kier molecular flexibility index (Phi) is 9.45. The first-order chi connectivity index (χ1) is 10.8. The zero-order valence-electron chi connectivity index (χ0n) is 14.0. The number of halogens is 2. The van der Waals surface area contributed by atoms with Crippen LogP contribution in [0.1, 0.15) is 18.0 Å². The number of rotatable bonds is 4. The zero-order valence-corrected chi connectivity index (χ0v) is 16.5. The second-order valence-electron chi connectivity index (χ2n) is 6.06. The Morgan fingerprint density at radius 2 is 1.92 bits per heavy atom. The lowest BCUT2D eigenvalue weighted by atomic mass is 10.0. The molecule has 0 spiro atoms. The molecule has 7 heteroatoms. The Bertz CT molecular complexity index is 494. The van der Waals surface area contributed by atoms with Gasteiger partial charge >= 0.3 is 0 Å². The minimum absolute atomic E-state index is 0. The van der Waals surface area contributed by atoms with E-state index in [1.54, 1.807) is 0 Å². The first kappa shape index (κ1) is 21.6. The fourth-order valence-electron chi connectivity index (χ4n) is 3.32. The minimum Gasteiger partial charge on any atom is -0.340 e. The van der Waals surface area contributed by atoms with Gasteiger partial charge in [0, 0.05) is 44.2 Å². The van der Waals surface area contributed by atoms with E-state index in [1.807, 2.05) is 41.9 Å². The highest BCUT2D eigenvalue weighted by atomic mass is 35.5. The first-order valence-electron chi connectivity index (χ1n) is 8.11. The standard InChI is InChI=1S/C17H25N3OS.2ClH/c1-19(15-7-8-18-13-15)17(21)16(14-5-3-2-4-6-14)20-9-11-22-12-10-20;;/h2-6,15-16,18H,7-13H2,1H3;2*1H. The van der Waals surface area contributed by atoms with E-state index in [2.05, 4.69) is 22.3 Å². The van der Waals surface area contributed by atoms with E-state index in [-0.39, 0.29) is 36.8 Å². The van der Waals surface area contributed by atoms with Crippen molar-refractivity contribution in [2.24, 2.45) is 0 Å². The van der Waals surface area contributed by atoms with E-state index in [9.17, 15) is 4.79 Å². The van der Waals surface area contributed by atoms with Gasteiger partial charge in [-0.2, -0.15) is 11.8 Å². The third-order valence-corrected chi connectivity index (χ3v) is 5.63. The van der Waals surface area contributed by atoms with Gasteiger partial charge in [-0.3, -0.25) is 9.69 Å². The predicted octanol–water partition coefficient (Wildman–Crippen LogP) is 2.44. The van der Waals surface area contributed by atoms with Gasteiger partial charge < -0.3 is 10.2 Å². The summed E-state index contributed by atoms with van der Waals surface area (Å²) >= 11 is 1.98. The monoisotopic (exact) mass is 391 g/mol. The lowest BCUT2D eigenvalue weighted by Gasteiger charge is -2.37. The lowest BCUT2D eigenvalue weighted by Crippen LogP contribution is -2.48. The van der Waals surface area contributed by atoms with Crippen LogP contribution in [0.5, 0.6) is 0 Å². The van der Waals surface area contributed by atoms with E-state index in [4.69, 9.17) is 0 Å². The second kappa shape index (κ2) is 10.5. The topological polar surface area (TPSA) is 35.6 Å². The molecular formula is C17H27Cl2N3OS. The van der Waals surface area contributed by atoms with Gasteiger partial charge in [0.15, 0.2) is 0 Å². The molecule has 24 heavy (non-hydrogen) atoms. The number of nitrogens with zero attached hydrogens (tertiary/aromatic N) is 2. The fourth-order valence-corrected chi connectivity index (χ4v) is 4.25. The number of thioether (sulfide) groups is 1. The molecule has 0 bridgehead atoms. The van der Waals surface area contributed by atoms with Crippen LogP contribution in [0.15, 0.2) is 30.3 Å². The molecule has 1 N–H and O–H groups in total. The normalized spacial score (nSPS) is 22.1. The maximum Gasteiger partial charge on any atom is 0.244 e. The fraction of sp³-hybridized carbons (Fsp3) is 0.588. The van der Waals surface area contributed by atoms with Crippen LogP contribution < -0.4 is 5.32 Å². The van der Waals surface area contributed by atoms with Crippen molar-refractivity contribution in [2.75, 3.05) is 44.7 Å². The molecule has 0 aliphatic carbocycles. The van der Waals surface area contributed by atoms with Crippen molar-refractivity contribution in [2.45, 2.75) is 18.5 Å². The molecule has 0 saturated carbocycles. The highest BCUT2D eigenvalue weighted by Crippen LogP contribution is 2.27. The Morgan fingerprint density at radius 3 is 2.50 bits per heavy atom. The molecule has 2 atom stereocenters. The molecular weight excluding hydrogens is 365 g/mol. The van der Waals surface area contributed by atoms with Gasteiger partial charge in [-0.15, -0.1) is 24.8 Å².